The molecule has 0 saturated heterocycles. The van der Waals surface area contributed by atoms with Gasteiger partial charge >= 0.3 is 5.69 Å². The van der Waals surface area contributed by atoms with Crippen molar-refractivity contribution in [1.29, 1.82) is 0 Å². The van der Waals surface area contributed by atoms with Gasteiger partial charge in [0.2, 0.25) is 0 Å². The van der Waals surface area contributed by atoms with Crippen LogP contribution < -0.4 is 20.1 Å². The van der Waals surface area contributed by atoms with Crippen LogP contribution in [-0.4, -0.2) is 36.3 Å². The summed E-state index contributed by atoms with van der Waals surface area (Å²) in [5.41, 5.74) is 3.73. The summed E-state index contributed by atoms with van der Waals surface area (Å²) in [6.07, 6.45) is 1.41. The molecule has 9 nitrogen and oxygen atoms in total. The highest BCUT2D eigenvalue weighted by Gasteiger charge is 2.21. The van der Waals surface area contributed by atoms with Crippen LogP contribution in [0.15, 0.2) is 54.6 Å². The van der Waals surface area contributed by atoms with Gasteiger partial charge in [-0.1, -0.05) is 6.07 Å². The molecule has 0 fully saturated rings. The highest BCUT2D eigenvalue weighted by molar-refractivity contribution is 6.12. The monoisotopic (exact) mass is 449 g/mol. The van der Waals surface area contributed by atoms with Crippen molar-refractivity contribution in [1.82, 2.24) is 0 Å². The molecular formula is C24H23N3O6. The van der Waals surface area contributed by atoms with Crippen molar-refractivity contribution in [2.45, 2.75) is 12.8 Å². The Morgan fingerprint density at radius 2 is 1.73 bits per heavy atom. The number of hydrogen-bond acceptors (Lipinski definition) is 7. The average molecular weight is 449 g/mol. The number of ether oxygens (including phenoxy) is 2. The van der Waals surface area contributed by atoms with E-state index in [9.17, 15) is 14.9 Å². The number of nitrogens with zero attached hydrogens (tertiary/aromatic N) is 1. The minimum absolute atomic E-state index is 0.117. The van der Waals surface area contributed by atoms with Gasteiger partial charge in [-0.15, -0.1) is 0 Å². The molecule has 0 spiro atoms. The molecule has 0 unspecified atom stereocenters. The van der Waals surface area contributed by atoms with E-state index in [1.54, 1.807) is 36.4 Å². The molecule has 4 rings (SSSR count). The number of rotatable bonds is 8. The Balaban J connectivity index is 1.65. The van der Waals surface area contributed by atoms with Crippen molar-refractivity contribution in [3.63, 3.8) is 0 Å². The van der Waals surface area contributed by atoms with E-state index in [1.165, 1.54) is 13.2 Å². The third-order valence-corrected chi connectivity index (χ3v) is 5.30. The van der Waals surface area contributed by atoms with Crippen molar-refractivity contribution >= 4 is 28.7 Å². The lowest BCUT2D eigenvalue weighted by Gasteiger charge is -2.13. The van der Waals surface area contributed by atoms with Gasteiger partial charge < -0.3 is 25.2 Å². The van der Waals surface area contributed by atoms with Gasteiger partial charge in [-0.2, -0.15) is 0 Å². The van der Waals surface area contributed by atoms with Crippen LogP contribution in [0.2, 0.25) is 0 Å². The number of aliphatic hydroxyl groups is 1. The number of nitro groups is 1. The quantitative estimate of drug-likeness (QED) is 0.258. The summed E-state index contributed by atoms with van der Waals surface area (Å²) in [5.74, 6) is 0.556. The van der Waals surface area contributed by atoms with Gasteiger partial charge in [-0.05, 0) is 60.4 Å². The molecule has 3 aromatic rings. The molecule has 0 saturated carbocycles. The molecule has 1 heterocycles. The van der Waals surface area contributed by atoms with E-state index >= 15 is 0 Å². The van der Waals surface area contributed by atoms with Crippen molar-refractivity contribution in [2.75, 3.05) is 31.0 Å². The Morgan fingerprint density at radius 1 is 0.939 bits per heavy atom. The van der Waals surface area contributed by atoms with Crippen molar-refractivity contribution < 1.29 is 24.3 Å². The van der Waals surface area contributed by atoms with E-state index in [0.29, 0.717) is 47.0 Å². The number of benzene rings is 3. The summed E-state index contributed by atoms with van der Waals surface area (Å²) in [7, 11) is 1.38. The van der Waals surface area contributed by atoms with E-state index in [1.807, 2.05) is 12.1 Å². The fourth-order valence-corrected chi connectivity index (χ4v) is 3.60. The number of carbonyl (C=O) groups is 1. The van der Waals surface area contributed by atoms with E-state index in [-0.39, 0.29) is 24.0 Å². The van der Waals surface area contributed by atoms with E-state index < -0.39 is 4.92 Å². The molecule has 1 aliphatic rings. The Kier molecular flexibility index (Phi) is 6.41. The third kappa shape index (κ3) is 4.73. The SMILES string of the molecule is COc1cc(-c2ccc3c(c2)Nc2cc(OCCCCO)ccc2NC3=O)ccc1[N+](=O)[O-]. The number of amides is 1. The number of nitro benzene ring substituents is 1. The van der Waals surface area contributed by atoms with Crippen LogP contribution in [0.1, 0.15) is 23.2 Å². The number of carbonyl (C=O) groups excluding carboxylic acids is 1. The molecule has 0 radical (unpaired) electrons. The minimum atomic E-state index is -0.494. The Labute approximate surface area is 190 Å². The van der Waals surface area contributed by atoms with Gasteiger partial charge in [-0.25, -0.2) is 0 Å². The molecule has 170 valence electrons. The second kappa shape index (κ2) is 9.58. The first-order valence-corrected chi connectivity index (χ1v) is 10.4. The number of unbranched alkanes of at least 4 members (excludes halogenated alkanes) is 1. The standard InChI is InChI=1S/C24H23N3O6/c1-32-23-13-16(5-9-22(23)27(30)31)15-4-7-18-20(12-15)25-21-14-17(33-11-3-2-10-28)6-8-19(21)26-24(18)29/h4-9,12-14,25,28H,2-3,10-11H2,1H3,(H,26,29). The molecule has 0 aliphatic carbocycles. The van der Waals surface area contributed by atoms with Gasteiger partial charge in [0.25, 0.3) is 5.91 Å². The van der Waals surface area contributed by atoms with Crippen LogP contribution in [-0.2, 0) is 0 Å². The fourth-order valence-electron chi connectivity index (χ4n) is 3.60. The molecule has 33 heavy (non-hydrogen) atoms. The van der Waals surface area contributed by atoms with Gasteiger partial charge in [-0.3, -0.25) is 14.9 Å². The zero-order valence-corrected chi connectivity index (χ0v) is 18.0. The largest absolute Gasteiger partial charge is 0.494 e. The second-order valence-corrected chi connectivity index (χ2v) is 7.47. The summed E-state index contributed by atoms with van der Waals surface area (Å²) in [4.78, 5) is 23.5. The minimum Gasteiger partial charge on any atom is -0.494 e. The van der Waals surface area contributed by atoms with Gasteiger partial charge in [0, 0.05) is 18.7 Å². The summed E-state index contributed by atoms with van der Waals surface area (Å²) in [6.45, 7) is 0.606. The molecule has 0 atom stereocenters. The number of hydrogen-bond donors (Lipinski definition) is 3. The summed E-state index contributed by atoms with van der Waals surface area (Å²) in [6, 6.07) is 15.3. The maximum Gasteiger partial charge on any atom is 0.310 e. The zero-order chi connectivity index (χ0) is 23.4. The molecule has 1 amide bonds. The summed E-state index contributed by atoms with van der Waals surface area (Å²) < 4.78 is 10.9. The first-order valence-electron chi connectivity index (χ1n) is 10.4. The molecular weight excluding hydrogens is 426 g/mol. The Bertz CT molecular complexity index is 1210. The number of anilines is 3. The maximum absolute atomic E-state index is 12.8. The Hall–Kier alpha value is -4.11. The predicted molar refractivity (Wildman–Crippen MR) is 125 cm³/mol. The van der Waals surface area contributed by atoms with E-state index in [0.717, 1.165) is 12.0 Å². The zero-order valence-electron chi connectivity index (χ0n) is 18.0. The van der Waals surface area contributed by atoms with Crippen LogP contribution in [0.5, 0.6) is 11.5 Å². The van der Waals surface area contributed by atoms with Crippen molar-refractivity contribution in [2.24, 2.45) is 0 Å². The Morgan fingerprint density at radius 3 is 2.48 bits per heavy atom. The normalized spacial score (nSPS) is 12.0. The molecule has 1 aliphatic heterocycles. The third-order valence-electron chi connectivity index (χ3n) is 5.30. The average Bonchev–Trinajstić information content (AvgIpc) is 2.96. The summed E-state index contributed by atoms with van der Waals surface area (Å²) in [5, 5.41) is 26.3. The van der Waals surface area contributed by atoms with Crippen LogP contribution in [0.4, 0.5) is 22.7 Å². The van der Waals surface area contributed by atoms with Gasteiger partial charge in [0.1, 0.15) is 5.75 Å². The lowest BCUT2D eigenvalue weighted by Crippen LogP contribution is -2.10. The van der Waals surface area contributed by atoms with Crippen LogP contribution >= 0.6 is 0 Å². The predicted octanol–water partition coefficient (Wildman–Crippen LogP) is 4.73. The maximum atomic E-state index is 12.8. The summed E-state index contributed by atoms with van der Waals surface area (Å²) >= 11 is 0. The molecule has 3 N–H and O–H groups in total. The lowest BCUT2D eigenvalue weighted by molar-refractivity contribution is -0.385. The van der Waals surface area contributed by atoms with E-state index in [4.69, 9.17) is 14.6 Å². The topological polar surface area (TPSA) is 123 Å². The highest BCUT2D eigenvalue weighted by atomic mass is 16.6. The first-order chi connectivity index (χ1) is 16.0. The number of nitrogens with one attached hydrogen (secondary N) is 2. The lowest BCUT2D eigenvalue weighted by atomic mass is 10.0. The van der Waals surface area contributed by atoms with Crippen LogP contribution in [0, 0.1) is 10.1 Å². The van der Waals surface area contributed by atoms with Gasteiger partial charge in [0.15, 0.2) is 5.75 Å². The molecule has 0 aromatic heterocycles. The number of fused-ring (bicyclic) bond motifs is 2. The smallest absolute Gasteiger partial charge is 0.310 e. The van der Waals surface area contributed by atoms with Crippen molar-refractivity contribution in [3.8, 4) is 22.6 Å². The van der Waals surface area contributed by atoms with Crippen molar-refractivity contribution in [3.05, 3.63) is 70.3 Å². The second-order valence-electron chi connectivity index (χ2n) is 7.47. The van der Waals surface area contributed by atoms with Crippen LogP contribution in [0.25, 0.3) is 11.1 Å². The first kappa shape index (κ1) is 22.1. The fraction of sp³-hybridized carbons (Fsp3) is 0.208. The van der Waals surface area contributed by atoms with Crippen LogP contribution in [0.3, 0.4) is 0 Å². The van der Waals surface area contributed by atoms with Gasteiger partial charge in [0.05, 0.1) is 41.3 Å². The highest BCUT2D eigenvalue weighted by Crippen LogP contribution is 2.38. The molecule has 9 heteroatoms. The number of methoxy groups -OCH3 is 1. The molecule has 0 bridgehead atoms. The molecule has 3 aromatic carbocycles. The number of aliphatic hydroxyl groups excluding tert-OH is 1. The van der Waals surface area contributed by atoms with E-state index in [2.05, 4.69) is 10.6 Å².